The maximum atomic E-state index is 9.60. The van der Waals surface area contributed by atoms with Crippen molar-refractivity contribution in [2.75, 3.05) is 24.8 Å². The van der Waals surface area contributed by atoms with E-state index in [0.29, 0.717) is 6.47 Å². The fourth-order valence-corrected chi connectivity index (χ4v) is 3.86. The Morgan fingerprint density at radius 1 is 0.708 bits per heavy atom. The van der Waals surface area contributed by atoms with Gasteiger partial charge in [0.15, 0.2) is 0 Å². The Kier molecular flexibility index (Phi) is 15.3. The van der Waals surface area contributed by atoms with E-state index >= 15 is 0 Å². The number of ether oxygens (including phenoxy) is 2. The van der Waals surface area contributed by atoms with Gasteiger partial charge in [-0.1, -0.05) is 38.6 Å². The third-order valence-corrected chi connectivity index (χ3v) is 6.52. The zero-order chi connectivity index (χ0) is 35.7. The van der Waals surface area contributed by atoms with Crippen LogP contribution in [-0.4, -0.2) is 51.8 Å². The topological polar surface area (TPSA) is 117 Å². The van der Waals surface area contributed by atoms with Gasteiger partial charge in [0.1, 0.15) is 17.2 Å². The van der Waals surface area contributed by atoms with Crippen LogP contribution in [0.4, 0.5) is 11.4 Å². The van der Waals surface area contributed by atoms with Crippen molar-refractivity contribution >= 4 is 17.8 Å². The molecule has 0 radical (unpaired) electrons. The van der Waals surface area contributed by atoms with Gasteiger partial charge in [-0.25, -0.2) is 9.97 Å². The summed E-state index contributed by atoms with van der Waals surface area (Å²) in [6.07, 6.45) is 5.40. The molecule has 5 aromatic rings. The highest BCUT2D eigenvalue weighted by Crippen LogP contribution is 2.28. The minimum Gasteiger partial charge on any atom is -0.462 e. The Bertz CT molecular complexity index is 1660. The number of nitrogens with one attached hydrogen (secondary N) is 4. The average molecular weight is 653 g/mol. The number of anilines is 2. The molecule has 4 N–H and O–H groups in total. The summed E-state index contributed by atoms with van der Waals surface area (Å²) < 4.78 is 9.49. The highest BCUT2D eigenvalue weighted by molar-refractivity contribution is 5.72. The molecule has 0 bridgehead atoms. The van der Waals surface area contributed by atoms with Gasteiger partial charge in [-0.05, 0) is 102 Å². The van der Waals surface area contributed by atoms with Crippen molar-refractivity contribution in [2.24, 2.45) is 0 Å². The van der Waals surface area contributed by atoms with Gasteiger partial charge in [0.2, 0.25) is 0 Å². The van der Waals surface area contributed by atoms with E-state index in [4.69, 9.17) is 4.74 Å². The van der Waals surface area contributed by atoms with Crippen LogP contribution < -0.4 is 10.6 Å². The molecule has 0 amide bonds. The SMILES string of the molecule is C=CNc1ccc(-c2ncc(-c3cccc(-c4cnc(-c5ccc(NC)cc5)[nH]4)c3)[nH]2)cc1.CC.CC(C)(C)OC=O.COC(C)(C)C. The van der Waals surface area contributed by atoms with Crippen molar-refractivity contribution in [1.29, 1.82) is 0 Å². The van der Waals surface area contributed by atoms with Gasteiger partial charge >= 0.3 is 0 Å². The van der Waals surface area contributed by atoms with E-state index in [9.17, 15) is 4.79 Å². The summed E-state index contributed by atoms with van der Waals surface area (Å²) in [4.78, 5) is 25.6. The number of methoxy groups -OCH3 is 1. The standard InChI is InChI=1S/C27H24N6.C5H10O2.C5H12O.C2H6/c1-3-29-23-13-9-19(10-14-23)27-31-17-25(33-27)21-6-4-5-20(15-21)24-16-30-26(32-24)18-7-11-22(28-2)12-8-18;1-5(2,3)7-4-6;1-5(2,3)6-4;1-2/h3-17,28-29H,1H2,2H3,(H,30,32)(H,31,33);4H,1-3H3;1-4H3;1-2H3. The van der Waals surface area contributed by atoms with Crippen LogP contribution in [0.5, 0.6) is 0 Å². The molecule has 2 heterocycles. The van der Waals surface area contributed by atoms with Crippen LogP contribution in [0.1, 0.15) is 55.4 Å². The van der Waals surface area contributed by atoms with Crippen molar-refractivity contribution < 1.29 is 14.3 Å². The fraction of sp³-hybridized carbons (Fsp3) is 0.308. The Morgan fingerprint density at radius 2 is 1.15 bits per heavy atom. The number of nitrogens with zero attached hydrogens (tertiary/aromatic N) is 2. The Labute approximate surface area is 286 Å². The Balaban J connectivity index is 0.000000450. The summed E-state index contributed by atoms with van der Waals surface area (Å²) in [7, 11) is 3.62. The monoisotopic (exact) mass is 652 g/mol. The Morgan fingerprint density at radius 3 is 1.48 bits per heavy atom. The molecule has 0 aliphatic heterocycles. The second-order valence-electron chi connectivity index (χ2n) is 12.3. The molecule has 0 aliphatic carbocycles. The van der Waals surface area contributed by atoms with E-state index in [1.54, 1.807) is 13.3 Å². The molecule has 9 heteroatoms. The lowest BCUT2D eigenvalue weighted by Crippen LogP contribution is -2.17. The summed E-state index contributed by atoms with van der Waals surface area (Å²) in [6, 6.07) is 24.6. The predicted molar refractivity (Wildman–Crippen MR) is 201 cm³/mol. The number of aromatic nitrogens is 4. The zero-order valence-electron chi connectivity index (χ0n) is 30.1. The number of benzene rings is 3. The number of H-pyrrole nitrogens is 2. The molecule has 48 heavy (non-hydrogen) atoms. The van der Waals surface area contributed by atoms with Crippen LogP contribution in [-0.2, 0) is 14.3 Å². The molecular weight excluding hydrogens is 600 g/mol. The first kappa shape index (κ1) is 39.0. The maximum absolute atomic E-state index is 9.60. The van der Waals surface area contributed by atoms with Crippen LogP contribution in [0.2, 0.25) is 0 Å². The summed E-state index contributed by atoms with van der Waals surface area (Å²) >= 11 is 0. The summed E-state index contributed by atoms with van der Waals surface area (Å²) in [5.74, 6) is 1.67. The summed E-state index contributed by atoms with van der Waals surface area (Å²) in [5, 5.41) is 6.21. The highest BCUT2D eigenvalue weighted by atomic mass is 16.5. The van der Waals surface area contributed by atoms with Crippen molar-refractivity contribution in [2.45, 2.75) is 66.6 Å². The van der Waals surface area contributed by atoms with Crippen LogP contribution in [0.25, 0.3) is 45.3 Å². The van der Waals surface area contributed by atoms with E-state index in [2.05, 4.69) is 72.2 Å². The molecule has 256 valence electrons. The summed E-state index contributed by atoms with van der Waals surface area (Å²) in [6.45, 7) is 19.7. The van der Waals surface area contributed by atoms with Crippen LogP contribution >= 0.6 is 0 Å². The number of rotatable bonds is 8. The number of carbonyl (C=O) groups is 1. The molecular formula is C39H52N6O3. The van der Waals surface area contributed by atoms with Gasteiger partial charge in [0.05, 0.1) is 29.4 Å². The number of hydrogen-bond donors (Lipinski definition) is 4. The van der Waals surface area contributed by atoms with Gasteiger partial charge in [0.25, 0.3) is 6.47 Å². The molecule has 0 saturated heterocycles. The van der Waals surface area contributed by atoms with Gasteiger partial charge < -0.3 is 30.1 Å². The third-order valence-electron chi connectivity index (χ3n) is 6.52. The number of carbonyl (C=O) groups excluding carboxylic acids is 1. The zero-order valence-corrected chi connectivity index (χ0v) is 30.1. The van der Waals surface area contributed by atoms with E-state index in [-0.39, 0.29) is 11.2 Å². The lowest BCUT2D eigenvalue weighted by molar-refractivity contribution is -0.138. The number of aromatic amines is 2. The third kappa shape index (κ3) is 12.9. The highest BCUT2D eigenvalue weighted by Gasteiger charge is 2.10. The first-order valence-corrected chi connectivity index (χ1v) is 16.0. The second-order valence-corrected chi connectivity index (χ2v) is 12.3. The molecule has 0 unspecified atom stereocenters. The maximum Gasteiger partial charge on any atom is 0.293 e. The second kappa shape index (κ2) is 18.9. The quantitative estimate of drug-likeness (QED) is 0.123. The van der Waals surface area contributed by atoms with Gasteiger partial charge in [-0.2, -0.15) is 0 Å². The van der Waals surface area contributed by atoms with Crippen LogP contribution in [0.15, 0.2) is 98.0 Å². The predicted octanol–water partition coefficient (Wildman–Crippen LogP) is 9.81. The lowest BCUT2D eigenvalue weighted by atomic mass is 10.1. The lowest BCUT2D eigenvalue weighted by Gasteiger charge is -2.14. The average Bonchev–Trinajstić information content (AvgIpc) is 3.78. The first-order valence-electron chi connectivity index (χ1n) is 16.0. The smallest absolute Gasteiger partial charge is 0.293 e. The molecule has 5 rings (SSSR count). The molecule has 2 aromatic heterocycles. The fourth-order valence-electron chi connectivity index (χ4n) is 3.86. The van der Waals surface area contributed by atoms with Crippen molar-refractivity contribution in [3.05, 3.63) is 98.0 Å². The molecule has 0 atom stereocenters. The van der Waals surface area contributed by atoms with Crippen LogP contribution in [0, 0.1) is 0 Å². The number of imidazole rings is 2. The van der Waals surface area contributed by atoms with Crippen molar-refractivity contribution in [1.82, 2.24) is 19.9 Å². The minimum absolute atomic E-state index is 0.0417. The van der Waals surface area contributed by atoms with Crippen LogP contribution in [0.3, 0.4) is 0 Å². The molecule has 0 spiro atoms. The minimum atomic E-state index is -0.318. The van der Waals surface area contributed by atoms with E-state index in [1.165, 1.54) is 0 Å². The van der Waals surface area contributed by atoms with E-state index in [0.717, 1.165) is 56.7 Å². The number of hydrogen-bond acceptors (Lipinski definition) is 7. The van der Waals surface area contributed by atoms with E-state index < -0.39 is 0 Å². The molecule has 9 nitrogen and oxygen atoms in total. The van der Waals surface area contributed by atoms with Crippen molar-refractivity contribution in [3.63, 3.8) is 0 Å². The molecule has 0 saturated carbocycles. The molecule has 0 fully saturated rings. The molecule has 3 aromatic carbocycles. The first-order chi connectivity index (χ1) is 22.9. The Hall–Kier alpha value is -5.15. The summed E-state index contributed by atoms with van der Waals surface area (Å²) in [5.41, 5.74) is 7.91. The normalized spacial score (nSPS) is 10.5. The van der Waals surface area contributed by atoms with Gasteiger partial charge in [0, 0.05) is 47.8 Å². The van der Waals surface area contributed by atoms with Crippen molar-refractivity contribution in [3.8, 4) is 45.3 Å². The van der Waals surface area contributed by atoms with Gasteiger partial charge in [-0.15, -0.1) is 0 Å². The largest absolute Gasteiger partial charge is 0.462 e. The van der Waals surface area contributed by atoms with Gasteiger partial charge in [-0.3, -0.25) is 4.79 Å². The van der Waals surface area contributed by atoms with E-state index in [1.807, 2.05) is 117 Å². The molecule has 0 aliphatic rings.